The van der Waals surface area contributed by atoms with Crippen molar-refractivity contribution < 1.29 is 4.39 Å². The Kier molecular flexibility index (Phi) is 7.11. The molecule has 2 rings (SSSR count). The van der Waals surface area contributed by atoms with Crippen molar-refractivity contribution in [2.45, 2.75) is 46.0 Å². The number of unbranched alkanes of at least 4 members (excludes halogenated alkanes) is 1. The zero-order valence-corrected chi connectivity index (χ0v) is 15.9. The zero-order chi connectivity index (χ0) is 16.7. The van der Waals surface area contributed by atoms with E-state index in [9.17, 15) is 4.39 Å². The molecule has 0 atom stereocenters. The number of aryl methyl sites for hydroxylation is 1. The van der Waals surface area contributed by atoms with Gasteiger partial charge in [-0.3, -0.25) is 0 Å². The molecule has 0 saturated carbocycles. The van der Waals surface area contributed by atoms with Gasteiger partial charge in [-0.25, -0.2) is 4.39 Å². The smallest absolute Gasteiger partial charge is 0.140 e. The summed E-state index contributed by atoms with van der Waals surface area (Å²) in [6.07, 6.45) is 5.18. The Balaban J connectivity index is 2.23. The largest absolute Gasteiger partial charge is 0.205 e. The molecule has 0 heterocycles. The van der Waals surface area contributed by atoms with E-state index >= 15 is 0 Å². The Morgan fingerprint density at radius 2 is 1.65 bits per heavy atom. The van der Waals surface area contributed by atoms with Crippen LogP contribution < -0.4 is 0 Å². The topological polar surface area (TPSA) is 0 Å². The molecule has 0 amide bonds. The van der Waals surface area contributed by atoms with E-state index in [2.05, 4.69) is 50.0 Å². The highest BCUT2D eigenvalue weighted by atomic mass is 127. The van der Waals surface area contributed by atoms with Crippen LogP contribution in [0.3, 0.4) is 0 Å². The summed E-state index contributed by atoms with van der Waals surface area (Å²) in [5.74, 6) is 6.21. The van der Waals surface area contributed by atoms with Gasteiger partial charge in [0.1, 0.15) is 5.82 Å². The number of benzene rings is 2. The average Bonchev–Trinajstić information content (AvgIpc) is 2.57. The van der Waals surface area contributed by atoms with E-state index in [1.54, 1.807) is 6.07 Å². The second kappa shape index (κ2) is 9.08. The van der Waals surface area contributed by atoms with E-state index in [1.807, 2.05) is 28.7 Å². The van der Waals surface area contributed by atoms with Gasteiger partial charge in [0.05, 0.1) is 0 Å². The highest BCUT2D eigenvalue weighted by Crippen LogP contribution is 2.20. The first-order valence-corrected chi connectivity index (χ1v) is 9.31. The molecule has 0 N–H and O–H groups in total. The van der Waals surface area contributed by atoms with Crippen molar-refractivity contribution in [3.63, 3.8) is 0 Å². The second-order valence-corrected chi connectivity index (χ2v) is 6.85. The van der Waals surface area contributed by atoms with Crippen LogP contribution in [0.1, 0.15) is 55.4 Å². The van der Waals surface area contributed by atoms with Crippen LogP contribution in [0.2, 0.25) is 0 Å². The molecular formula is C21H22FI. The minimum Gasteiger partial charge on any atom is -0.205 e. The van der Waals surface area contributed by atoms with Crippen molar-refractivity contribution in [1.82, 2.24) is 0 Å². The third-order valence-electron chi connectivity index (χ3n) is 3.81. The molecule has 120 valence electrons. The normalized spacial score (nSPS) is 10.3. The molecule has 0 saturated heterocycles. The van der Waals surface area contributed by atoms with Crippen LogP contribution in [0.25, 0.3) is 0 Å². The summed E-state index contributed by atoms with van der Waals surface area (Å²) in [5, 5.41) is 0. The summed E-state index contributed by atoms with van der Waals surface area (Å²) in [6.45, 7) is 4.26. The van der Waals surface area contributed by atoms with Gasteiger partial charge < -0.3 is 0 Å². The van der Waals surface area contributed by atoms with Crippen LogP contribution in [-0.4, -0.2) is 0 Å². The van der Waals surface area contributed by atoms with E-state index in [0.29, 0.717) is 3.57 Å². The molecule has 0 aromatic heterocycles. The third kappa shape index (κ3) is 5.07. The van der Waals surface area contributed by atoms with Gasteiger partial charge in [-0.2, -0.15) is 0 Å². The summed E-state index contributed by atoms with van der Waals surface area (Å²) in [5.41, 5.74) is 3.88. The summed E-state index contributed by atoms with van der Waals surface area (Å²) in [6, 6.07) is 12.1. The molecular weight excluding hydrogens is 398 g/mol. The van der Waals surface area contributed by atoms with Gasteiger partial charge in [-0.05, 0) is 71.7 Å². The van der Waals surface area contributed by atoms with Gasteiger partial charge in [0.15, 0.2) is 0 Å². The minimum atomic E-state index is -0.117. The molecule has 0 aliphatic carbocycles. The lowest BCUT2D eigenvalue weighted by Crippen LogP contribution is -1.97. The first-order chi connectivity index (χ1) is 11.2. The van der Waals surface area contributed by atoms with Crippen LogP contribution >= 0.6 is 22.6 Å². The number of halogens is 2. The van der Waals surface area contributed by atoms with Crippen molar-refractivity contribution >= 4 is 22.6 Å². The Morgan fingerprint density at radius 1 is 0.913 bits per heavy atom. The molecule has 0 fully saturated rings. The third-order valence-corrected chi connectivity index (χ3v) is 4.64. The maximum absolute atomic E-state index is 14.3. The predicted octanol–water partition coefficient (Wildman–Crippen LogP) is 6.13. The monoisotopic (exact) mass is 420 g/mol. The Hall–Kier alpha value is -1.34. The number of hydrogen-bond acceptors (Lipinski definition) is 0. The fourth-order valence-electron chi connectivity index (χ4n) is 2.48. The molecule has 0 aliphatic heterocycles. The van der Waals surface area contributed by atoms with Crippen molar-refractivity contribution in [2.75, 3.05) is 0 Å². The summed E-state index contributed by atoms with van der Waals surface area (Å²) in [7, 11) is 0. The van der Waals surface area contributed by atoms with Gasteiger partial charge in [0, 0.05) is 20.3 Å². The lowest BCUT2D eigenvalue weighted by Gasteiger charge is -2.06. The van der Waals surface area contributed by atoms with Gasteiger partial charge in [-0.1, -0.05) is 50.7 Å². The molecule has 0 unspecified atom stereocenters. The van der Waals surface area contributed by atoms with Crippen molar-refractivity contribution in [3.8, 4) is 11.8 Å². The Labute approximate surface area is 152 Å². The highest BCUT2D eigenvalue weighted by molar-refractivity contribution is 14.1. The first-order valence-electron chi connectivity index (χ1n) is 8.23. The van der Waals surface area contributed by atoms with Gasteiger partial charge in [0.25, 0.3) is 0 Å². The minimum absolute atomic E-state index is 0.117. The fourth-order valence-corrected chi connectivity index (χ4v) is 2.98. The van der Waals surface area contributed by atoms with Crippen LogP contribution in [0.4, 0.5) is 4.39 Å². The Bertz CT molecular complexity index is 705. The maximum Gasteiger partial charge on any atom is 0.140 e. The van der Waals surface area contributed by atoms with Crippen LogP contribution in [-0.2, 0) is 12.8 Å². The van der Waals surface area contributed by atoms with E-state index in [-0.39, 0.29) is 5.82 Å². The molecule has 0 radical (unpaired) electrons. The lowest BCUT2D eigenvalue weighted by molar-refractivity contribution is 0.599. The van der Waals surface area contributed by atoms with E-state index < -0.39 is 0 Å². The molecule has 0 spiro atoms. The first kappa shape index (κ1) is 18.0. The van der Waals surface area contributed by atoms with E-state index in [0.717, 1.165) is 36.0 Å². The second-order valence-electron chi connectivity index (χ2n) is 5.69. The average molecular weight is 420 g/mol. The van der Waals surface area contributed by atoms with Crippen LogP contribution in [0.15, 0.2) is 36.4 Å². The Morgan fingerprint density at radius 3 is 2.30 bits per heavy atom. The SMILES string of the molecule is CCCCc1ccc(C#Cc2ccc(I)c(F)c2CCC)cc1. The molecule has 0 bridgehead atoms. The summed E-state index contributed by atoms with van der Waals surface area (Å²) in [4.78, 5) is 0. The maximum atomic E-state index is 14.3. The molecule has 0 nitrogen and oxygen atoms in total. The molecule has 2 aromatic carbocycles. The zero-order valence-electron chi connectivity index (χ0n) is 13.8. The van der Waals surface area contributed by atoms with E-state index in [4.69, 9.17) is 0 Å². The van der Waals surface area contributed by atoms with Crippen LogP contribution in [0.5, 0.6) is 0 Å². The summed E-state index contributed by atoms with van der Waals surface area (Å²) >= 11 is 2.04. The van der Waals surface area contributed by atoms with Gasteiger partial charge >= 0.3 is 0 Å². The van der Waals surface area contributed by atoms with Crippen molar-refractivity contribution in [3.05, 3.63) is 68.0 Å². The standard InChI is InChI=1S/C21H22FI/c1-3-5-7-16-8-10-17(11-9-16)12-13-18-14-15-20(23)21(22)19(18)6-4-2/h8-11,14-15H,3-7H2,1-2H3. The molecule has 2 heteroatoms. The molecule has 0 aliphatic rings. The summed E-state index contributed by atoms with van der Waals surface area (Å²) < 4.78 is 14.9. The van der Waals surface area contributed by atoms with Crippen molar-refractivity contribution in [2.24, 2.45) is 0 Å². The number of hydrogen-bond donors (Lipinski definition) is 0. The number of rotatable bonds is 5. The van der Waals surface area contributed by atoms with E-state index in [1.165, 1.54) is 18.4 Å². The quantitative estimate of drug-likeness (QED) is 0.404. The molecule has 2 aromatic rings. The fraction of sp³-hybridized carbons (Fsp3) is 0.333. The van der Waals surface area contributed by atoms with Crippen LogP contribution in [0, 0.1) is 21.2 Å². The predicted molar refractivity (Wildman–Crippen MR) is 104 cm³/mol. The van der Waals surface area contributed by atoms with Crippen molar-refractivity contribution in [1.29, 1.82) is 0 Å². The molecule has 23 heavy (non-hydrogen) atoms. The van der Waals surface area contributed by atoms with Gasteiger partial charge in [-0.15, -0.1) is 0 Å². The highest BCUT2D eigenvalue weighted by Gasteiger charge is 2.09. The van der Waals surface area contributed by atoms with Gasteiger partial charge in [0.2, 0.25) is 0 Å². The lowest BCUT2D eigenvalue weighted by atomic mass is 10.0.